The Kier molecular flexibility index (Phi) is 1.75. The molecular weight excluding hydrogens is 124 g/mol. The van der Waals surface area contributed by atoms with Gasteiger partial charge in [0, 0.05) is 12.3 Å². The Morgan fingerprint density at radius 1 is 1.88 bits per heavy atom. The molecule has 1 unspecified atom stereocenters. The Labute approximate surface area is 52.0 Å². The lowest BCUT2D eigenvalue weighted by atomic mass is 10.6. The van der Waals surface area contributed by atoms with Gasteiger partial charge in [-0.2, -0.15) is 0 Å². The van der Waals surface area contributed by atoms with Crippen LogP contribution >= 0.6 is 11.8 Å². The Morgan fingerprint density at radius 2 is 2.62 bits per heavy atom. The van der Waals surface area contributed by atoms with Crippen molar-refractivity contribution in [1.82, 2.24) is 11.1 Å². The van der Waals surface area contributed by atoms with Gasteiger partial charge in [-0.1, -0.05) is 0 Å². The van der Waals surface area contributed by atoms with Gasteiger partial charge in [0.2, 0.25) is 0 Å². The fourth-order valence-electron chi connectivity index (χ4n) is 0.594. The van der Waals surface area contributed by atoms with Crippen molar-refractivity contribution in [3.63, 3.8) is 0 Å². The third-order valence-corrected chi connectivity index (χ3v) is 2.11. The molecule has 1 heterocycles. The first-order valence-electron chi connectivity index (χ1n) is 2.41. The SMILES string of the molecule is [NH]C(=O)C1NCCS1. The van der Waals surface area contributed by atoms with E-state index >= 15 is 0 Å². The second-order valence-corrected chi connectivity index (χ2v) is 2.78. The molecule has 1 radical (unpaired) electrons. The van der Waals surface area contributed by atoms with Crippen LogP contribution in [-0.4, -0.2) is 23.6 Å². The van der Waals surface area contributed by atoms with E-state index in [-0.39, 0.29) is 5.37 Å². The predicted octanol–water partition coefficient (Wildman–Crippen LogP) is -0.542. The Balaban J connectivity index is 2.35. The first-order chi connectivity index (χ1) is 3.80. The molecule has 0 aromatic heterocycles. The van der Waals surface area contributed by atoms with Gasteiger partial charge in [-0.3, -0.25) is 15.8 Å². The van der Waals surface area contributed by atoms with Gasteiger partial charge in [-0.15, -0.1) is 11.8 Å². The summed E-state index contributed by atoms with van der Waals surface area (Å²) in [6.45, 7) is 0.861. The molecule has 1 aliphatic heterocycles. The van der Waals surface area contributed by atoms with Crippen LogP contribution in [0.5, 0.6) is 0 Å². The first-order valence-corrected chi connectivity index (χ1v) is 3.46. The third-order valence-electron chi connectivity index (χ3n) is 0.954. The highest BCUT2D eigenvalue weighted by Crippen LogP contribution is 2.12. The summed E-state index contributed by atoms with van der Waals surface area (Å²) in [7, 11) is 0. The standard InChI is InChI=1S/C4H7N2OS/c5-3(7)4-6-1-2-8-4/h4-6H,1-2H2. The maximum absolute atomic E-state index is 10.2. The largest absolute Gasteiger partial charge is 0.297 e. The van der Waals surface area contributed by atoms with Crippen LogP contribution in [0.25, 0.3) is 0 Å². The van der Waals surface area contributed by atoms with Crippen molar-refractivity contribution in [2.24, 2.45) is 0 Å². The molecule has 0 aliphatic carbocycles. The van der Waals surface area contributed by atoms with Crippen molar-refractivity contribution in [3.05, 3.63) is 0 Å². The molecule has 0 aromatic carbocycles. The average molecular weight is 131 g/mol. The van der Waals surface area contributed by atoms with Crippen LogP contribution in [0.2, 0.25) is 0 Å². The molecule has 1 rings (SSSR count). The minimum Gasteiger partial charge on any atom is -0.297 e. The lowest BCUT2D eigenvalue weighted by Crippen LogP contribution is -2.29. The number of carbonyl (C=O) groups is 1. The summed E-state index contributed by atoms with van der Waals surface area (Å²) in [5.41, 5.74) is 6.65. The zero-order valence-corrected chi connectivity index (χ0v) is 5.12. The lowest BCUT2D eigenvalue weighted by Gasteiger charge is -1.99. The molecule has 3 nitrogen and oxygen atoms in total. The topological polar surface area (TPSA) is 52.9 Å². The van der Waals surface area contributed by atoms with Gasteiger partial charge < -0.3 is 0 Å². The van der Waals surface area contributed by atoms with E-state index in [0.29, 0.717) is 0 Å². The summed E-state index contributed by atoms with van der Waals surface area (Å²) in [6, 6.07) is 0. The van der Waals surface area contributed by atoms with Crippen LogP contribution in [0.4, 0.5) is 0 Å². The van der Waals surface area contributed by atoms with E-state index in [2.05, 4.69) is 5.32 Å². The van der Waals surface area contributed by atoms with Crippen LogP contribution in [-0.2, 0) is 4.79 Å². The van der Waals surface area contributed by atoms with Crippen molar-refractivity contribution in [2.75, 3.05) is 12.3 Å². The minimum absolute atomic E-state index is 0.241. The molecule has 1 amide bonds. The fourth-order valence-corrected chi connectivity index (χ4v) is 1.45. The van der Waals surface area contributed by atoms with E-state index in [1.54, 1.807) is 0 Å². The van der Waals surface area contributed by atoms with Gasteiger partial charge in [0.15, 0.2) is 0 Å². The molecule has 0 saturated carbocycles. The smallest absolute Gasteiger partial charge is 0.265 e. The van der Waals surface area contributed by atoms with E-state index in [0.717, 1.165) is 12.3 Å². The van der Waals surface area contributed by atoms with Crippen LogP contribution < -0.4 is 11.1 Å². The van der Waals surface area contributed by atoms with Gasteiger partial charge in [0.1, 0.15) is 5.37 Å². The predicted molar refractivity (Wildman–Crippen MR) is 32.4 cm³/mol. The molecule has 1 aliphatic rings. The molecule has 1 fully saturated rings. The molecule has 0 bridgehead atoms. The second kappa shape index (κ2) is 2.37. The van der Waals surface area contributed by atoms with Crippen LogP contribution in [0.3, 0.4) is 0 Å². The number of nitrogens with one attached hydrogen (secondary N) is 2. The molecule has 0 spiro atoms. The summed E-state index contributed by atoms with van der Waals surface area (Å²) in [6.07, 6.45) is 0. The van der Waals surface area contributed by atoms with Crippen LogP contribution in [0.15, 0.2) is 0 Å². The highest BCUT2D eigenvalue weighted by atomic mass is 32.2. The lowest BCUT2D eigenvalue weighted by molar-refractivity contribution is -0.118. The van der Waals surface area contributed by atoms with Gasteiger partial charge >= 0.3 is 0 Å². The number of thioether (sulfide) groups is 1. The molecule has 0 aromatic rings. The number of amides is 1. The van der Waals surface area contributed by atoms with E-state index in [9.17, 15) is 4.79 Å². The quantitative estimate of drug-likeness (QED) is 0.520. The summed E-state index contributed by atoms with van der Waals surface area (Å²) >= 11 is 1.50. The Bertz CT molecular complexity index is 100. The average Bonchev–Trinajstić information content (AvgIpc) is 2.12. The normalized spacial score (nSPS) is 28.2. The highest BCUT2D eigenvalue weighted by molar-refractivity contribution is 8.00. The third kappa shape index (κ3) is 1.14. The van der Waals surface area contributed by atoms with Crippen molar-refractivity contribution >= 4 is 17.7 Å². The number of hydrogen-bond acceptors (Lipinski definition) is 3. The van der Waals surface area contributed by atoms with Crippen molar-refractivity contribution in [1.29, 1.82) is 0 Å². The van der Waals surface area contributed by atoms with Crippen LogP contribution in [0.1, 0.15) is 0 Å². The maximum atomic E-state index is 10.2. The number of rotatable bonds is 1. The molecule has 45 valence electrons. The van der Waals surface area contributed by atoms with E-state index in [1.807, 2.05) is 0 Å². The highest BCUT2D eigenvalue weighted by Gasteiger charge is 2.19. The van der Waals surface area contributed by atoms with Crippen LogP contribution in [0, 0.1) is 0 Å². The zero-order valence-electron chi connectivity index (χ0n) is 4.31. The number of hydrogen-bond donors (Lipinski definition) is 1. The Hall–Kier alpha value is -0.220. The van der Waals surface area contributed by atoms with Crippen molar-refractivity contribution in [2.45, 2.75) is 5.37 Å². The fraction of sp³-hybridized carbons (Fsp3) is 0.750. The molecule has 1 atom stereocenters. The van der Waals surface area contributed by atoms with E-state index < -0.39 is 5.91 Å². The van der Waals surface area contributed by atoms with Gasteiger partial charge in [0.25, 0.3) is 5.91 Å². The molecule has 4 heteroatoms. The van der Waals surface area contributed by atoms with Gasteiger partial charge in [-0.05, 0) is 0 Å². The second-order valence-electron chi connectivity index (χ2n) is 1.57. The van der Waals surface area contributed by atoms with E-state index in [1.165, 1.54) is 11.8 Å². The molecular formula is C4H7N2OS. The molecule has 2 N–H and O–H groups in total. The minimum atomic E-state index is -0.507. The summed E-state index contributed by atoms with van der Waals surface area (Å²) in [5, 5.41) is 2.64. The molecule has 8 heavy (non-hydrogen) atoms. The molecule has 1 saturated heterocycles. The van der Waals surface area contributed by atoms with E-state index in [4.69, 9.17) is 5.73 Å². The first kappa shape index (κ1) is 5.91. The van der Waals surface area contributed by atoms with Crippen molar-refractivity contribution in [3.8, 4) is 0 Å². The number of carbonyl (C=O) groups excluding carboxylic acids is 1. The van der Waals surface area contributed by atoms with Gasteiger partial charge in [-0.25, -0.2) is 0 Å². The summed E-state index contributed by atoms with van der Waals surface area (Å²) in [4.78, 5) is 10.2. The Morgan fingerprint density at radius 3 is 2.88 bits per heavy atom. The maximum Gasteiger partial charge on any atom is 0.265 e. The zero-order chi connectivity index (χ0) is 5.98. The summed E-state index contributed by atoms with van der Waals surface area (Å²) < 4.78 is 0. The monoisotopic (exact) mass is 131 g/mol. The van der Waals surface area contributed by atoms with Gasteiger partial charge in [0.05, 0.1) is 0 Å². The summed E-state index contributed by atoms with van der Waals surface area (Å²) in [5.74, 6) is 0.447. The van der Waals surface area contributed by atoms with Crippen molar-refractivity contribution < 1.29 is 4.79 Å².